The minimum absolute atomic E-state index is 0.104. The van der Waals surface area contributed by atoms with E-state index in [-0.39, 0.29) is 18.6 Å². The largest absolute Gasteiger partial charge is 0.466 e. The van der Waals surface area contributed by atoms with Crippen molar-refractivity contribution < 1.29 is 27.8 Å². The first-order chi connectivity index (χ1) is 12.2. The Morgan fingerprint density at radius 1 is 1.12 bits per heavy atom. The van der Waals surface area contributed by atoms with E-state index in [4.69, 9.17) is 4.74 Å². The Morgan fingerprint density at radius 3 is 2.19 bits per heavy atom. The molecule has 26 heavy (non-hydrogen) atoms. The zero-order chi connectivity index (χ0) is 19.3. The third kappa shape index (κ3) is 5.08. The summed E-state index contributed by atoms with van der Waals surface area (Å²) in [6.45, 7) is 2.60. The lowest BCUT2D eigenvalue weighted by atomic mass is 9.89. The number of halogens is 3. The summed E-state index contributed by atoms with van der Waals surface area (Å²) in [6.07, 6.45) is -1.10. The number of ether oxygens (including phenoxy) is 1. The van der Waals surface area contributed by atoms with Crippen LogP contribution in [0.1, 0.15) is 36.6 Å². The third-order valence-corrected chi connectivity index (χ3v) is 4.10. The van der Waals surface area contributed by atoms with E-state index in [0.29, 0.717) is 11.1 Å². The fourth-order valence-corrected chi connectivity index (χ4v) is 2.65. The average Bonchev–Trinajstić information content (AvgIpc) is 2.59. The Kier molecular flexibility index (Phi) is 6.42. The van der Waals surface area contributed by atoms with Crippen molar-refractivity contribution in [2.45, 2.75) is 32.3 Å². The van der Waals surface area contributed by atoms with Crippen molar-refractivity contribution in [3.8, 4) is 0 Å². The molecule has 0 bridgehead atoms. The Labute approximate surface area is 150 Å². The Bertz CT molecular complexity index is 721. The van der Waals surface area contributed by atoms with Gasteiger partial charge < -0.3 is 9.84 Å². The van der Waals surface area contributed by atoms with E-state index in [1.807, 2.05) is 0 Å². The van der Waals surface area contributed by atoms with Gasteiger partial charge in [-0.25, -0.2) is 13.2 Å². The number of aliphatic hydroxyl groups is 1. The lowest BCUT2D eigenvalue weighted by Gasteiger charge is -2.22. The van der Waals surface area contributed by atoms with Gasteiger partial charge in [-0.15, -0.1) is 0 Å². The van der Waals surface area contributed by atoms with Crippen LogP contribution in [0.5, 0.6) is 0 Å². The van der Waals surface area contributed by atoms with Gasteiger partial charge >= 0.3 is 5.97 Å². The van der Waals surface area contributed by atoms with Gasteiger partial charge in [0.05, 0.1) is 18.6 Å². The first kappa shape index (κ1) is 20.0. The Balaban J connectivity index is 2.24. The summed E-state index contributed by atoms with van der Waals surface area (Å²) in [6, 6.07) is 10.8. The van der Waals surface area contributed by atoms with Crippen molar-refractivity contribution in [1.29, 1.82) is 0 Å². The lowest BCUT2D eigenvalue weighted by molar-refractivity contribution is -0.152. The van der Waals surface area contributed by atoms with Gasteiger partial charge in [0.25, 0.3) is 5.92 Å². The van der Waals surface area contributed by atoms with Crippen LogP contribution in [0, 0.1) is 11.7 Å². The van der Waals surface area contributed by atoms with Gasteiger partial charge in [-0.1, -0.05) is 36.4 Å². The number of hydrogen-bond acceptors (Lipinski definition) is 3. The highest BCUT2D eigenvalue weighted by Gasteiger charge is 2.30. The molecule has 140 valence electrons. The maximum Gasteiger partial charge on any atom is 0.312 e. The fourth-order valence-electron chi connectivity index (χ4n) is 2.65. The van der Waals surface area contributed by atoms with E-state index in [9.17, 15) is 23.1 Å². The quantitative estimate of drug-likeness (QED) is 0.739. The van der Waals surface area contributed by atoms with Crippen LogP contribution in [-0.2, 0) is 21.9 Å². The Morgan fingerprint density at radius 2 is 1.69 bits per heavy atom. The van der Waals surface area contributed by atoms with Crippen LogP contribution in [0.15, 0.2) is 48.5 Å². The van der Waals surface area contributed by atoms with Crippen molar-refractivity contribution >= 4 is 5.97 Å². The average molecular weight is 366 g/mol. The zero-order valence-electron chi connectivity index (χ0n) is 14.6. The molecule has 3 nitrogen and oxygen atoms in total. The second kappa shape index (κ2) is 8.36. The minimum Gasteiger partial charge on any atom is -0.466 e. The number of aliphatic hydroxyl groups excluding tert-OH is 1. The molecule has 0 fully saturated rings. The molecule has 0 aliphatic heterocycles. The number of carbonyl (C=O) groups is 1. The van der Waals surface area contributed by atoms with Crippen molar-refractivity contribution in [3.05, 3.63) is 71.0 Å². The second-order valence-corrected chi connectivity index (χ2v) is 6.14. The summed E-state index contributed by atoms with van der Waals surface area (Å²) in [5, 5.41) is 10.6. The monoisotopic (exact) mass is 366 g/mol. The fraction of sp³-hybridized carbons (Fsp3) is 0.350. The molecule has 0 saturated heterocycles. The molecule has 0 heterocycles. The van der Waals surface area contributed by atoms with Gasteiger partial charge in [0.15, 0.2) is 0 Å². The predicted molar refractivity (Wildman–Crippen MR) is 91.2 cm³/mol. The number of carbonyl (C=O) groups excluding carboxylic acids is 1. The zero-order valence-corrected chi connectivity index (χ0v) is 14.6. The lowest BCUT2D eigenvalue weighted by Crippen LogP contribution is -2.27. The molecule has 2 atom stereocenters. The van der Waals surface area contributed by atoms with Crippen LogP contribution in [0.2, 0.25) is 0 Å². The number of alkyl halides is 2. The number of hydrogen-bond donors (Lipinski definition) is 1. The summed E-state index contributed by atoms with van der Waals surface area (Å²) in [7, 11) is 0. The van der Waals surface area contributed by atoms with E-state index >= 15 is 0 Å². The highest BCUT2D eigenvalue weighted by Crippen LogP contribution is 2.30. The molecule has 2 aromatic carbocycles. The predicted octanol–water partition coefficient (Wildman–Crippen LogP) is 4.39. The van der Waals surface area contributed by atoms with E-state index < -0.39 is 29.7 Å². The normalized spacial score (nSPS) is 13.9. The molecule has 0 aromatic heterocycles. The van der Waals surface area contributed by atoms with Crippen molar-refractivity contribution in [3.63, 3.8) is 0 Å². The van der Waals surface area contributed by atoms with Crippen LogP contribution in [0.25, 0.3) is 0 Å². The molecule has 0 amide bonds. The summed E-state index contributed by atoms with van der Waals surface area (Å²) in [5.74, 6) is -4.94. The SMILES string of the molecule is CCOC(=O)C(Cc1ccc(C(C)(F)F)cc1)C(O)c1ccc(F)cc1. The topological polar surface area (TPSA) is 46.5 Å². The molecule has 0 saturated carbocycles. The third-order valence-electron chi connectivity index (χ3n) is 4.10. The van der Waals surface area contributed by atoms with Crippen molar-refractivity contribution in [1.82, 2.24) is 0 Å². The summed E-state index contributed by atoms with van der Waals surface area (Å²) >= 11 is 0. The molecule has 2 rings (SSSR count). The summed E-state index contributed by atoms with van der Waals surface area (Å²) in [5.41, 5.74) is 0.853. The smallest absolute Gasteiger partial charge is 0.312 e. The highest BCUT2D eigenvalue weighted by molar-refractivity contribution is 5.74. The van der Waals surface area contributed by atoms with Crippen LogP contribution in [-0.4, -0.2) is 17.7 Å². The van der Waals surface area contributed by atoms with Crippen LogP contribution < -0.4 is 0 Å². The molecule has 0 aliphatic carbocycles. The van der Waals surface area contributed by atoms with Gasteiger partial charge in [-0.2, -0.15) is 0 Å². The Hall–Kier alpha value is -2.34. The van der Waals surface area contributed by atoms with Crippen molar-refractivity contribution in [2.75, 3.05) is 6.61 Å². The van der Waals surface area contributed by atoms with Crippen LogP contribution in [0.3, 0.4) is 0 Å². The van der Waals surface area contributed by atoms with Gasteiger partial charge in [0.2, 0.25) is 0 Å². The molecular weight excluding hydrogens is 345 g/mol. The second-order valence-electron chi connectivity index (χ2n) is 6.14. The summed E-state index contributed by atoms with van der Waals surface area (Å²) < 4.78 is 44.7. The first-order valence-electron chi connectivity index (χ1n) is 8.29. The van der Waals surface area contributed by atoms with Gasteiger partial charge in [0, 0.05) is 12.5 Å². The first-order valence-corrected chi connectivity index (χ1v) is 8.29. The molecule has 2 aromatic rings. The van der Waals surface area contributed by atoms with Crippen LogP contribution >= 0.6 is 0 Å². The molecule has 2 unspecified atom stereocenters. The minimum atomic E-state index is -2.95. The van der Waals surface area contributed by atoms with E-state index in [0.717, 1.165) is 6.92 Å². The van der Waals surface area contributed by atoms with E-state index in [1.165, 1.54) is 48.5 Å². The van der Waals surface area contributed by atoms with E-state index in [2.05, 4.69) is 0 Å². The maximum absolute atomic E-state index is 13.3. The standard InChI is InChI=1S/C20H21F3O3/c1-3-26-19(25)17(18(24)14-6-10-16(21)11-7-14)12-13-4-8-15(9-5-13)20(2,22)23/h4-11,17-18,24H,3,12H2,1-2H3. The number of benzene rings is 2. The summed E-state index contributed by atoms with van der Waals surface area (Å²) in [4.78, 5) is 12.3. The molecule has 0 spiro atoms. The molecule has 0 radical (unpaired) electrons. The molecule has 6 heteroatoms. The molecule has 1 N–H and O–H groups in total. The number of rotatable bonds is 7. The van der Waals surface area contributed by atoms with E-state index in [1.54, 1.807) is 6.92 Å². The van der Waals surface area contributed by atoms with Gasteiger partial charge in [-0.3, -0.25) is 4.79 Å². The maximum atomic E-state index is 13.3. The molecule has 0 aliphatic rings. The number of esters is 1. The van der Waals surface area contributed by atoms with Crippen molar-refractivity contribution in [2.24, 2.45) is 5.92 Å². The van der Waals surface area contributed by atoms with Gasteiger partial charge in [0.1, 0.15) is 5.82 Å². The van der Waals surface area contributed by atoms with Gasteiger partial charge in [-0.05, 0) is 36.6 Å². The van der Waals surface area contributed by atoms with Crippen LogP contribution in [0.4, 0.5) is 13.2 Å². The highest BCUT2D eigenvalue weighted by atomic mass is 19.3. The molecular formula is C20H21F3O3.